The Kier molecular flexibility index (Phi) is 4.34. The van der Waals surface area contributed by atoms with Crippen LogP contribution >= 0.6 is 0 Å². The number of nitrogens with one attached hydrogen (secondary N) is 1. The number of nitrogens with zero attached hydrogens (tertiary/aromatic N) is 1. The van der Waals surface area contributed by atoms with Crippen LogP contribution in [0.1, 0.15) is 24.0 Å². The molecular formula is C16H23FN2O. The van der Waals surface area contributed by atoms with Gasteiger partial charge in [-0.25, -0.2) is 4.39 Å². The first kappa shape index (κ1) is 14.0. The minimum atomic E-state index is -0.127. The number of morpholine rings is 1. The van der Waals surface area contributed by atoms with Gasteiger partial charge in [-0.3, -0.25) is 4.90 Å². The molecule has 0 spiro atoms. The second kappa shape index (κ2) is 6.20. The quantitative estimate of drug-likeness (QED) is 0.912. The smallest absolute Gasteiger partial charge is 0.126 e. The summed E-state index contributed by atoms with van der Waals surface area (Å²) in [5, 5.41) is 3.38. The van der Waals surface area contributed by atoms with Crippen LogP contribution in [-0.2, 0) is 11.3 Å². The van der Waals surface area contributed by atoms with Gasteiger partial charge in [0.2, 0.25) is 0 Å². The first-order chi connectivity index (χ1) is 9.72. The van der Waals surface area contributed by atoms with Gasteiger partial charge in [0.05, 0.1) is 12.7 Å². The van der Waals surface area contributed by atoms with Gasteiger partial charge < -0.3 is 10.1 Å². The highest BCUT2D eigenvalue weighted by molar-refractivity contribution is 5.23. The molecule has 2 unspecified atom stereocenters. The summed E-state index contributed by atoms with van der Waals surface area (Å²) in [6.45, 7) is 6.42. The first-order valence-electron chi connectivity index (χ1n) is 7.54. The standard InChI is InChI=1S/C16H23FN2O/c1-12-4-5-13(7-16(12)17)8-18-9-15-10-19-6-2-3-14(19)11-20-15/h4-5,7,14-15,18H,2-3,6,8-11H2,1H3. The minimum absolute atomic E-state index is 0.127. The van der Waals surface area contributed by atoms with E-state index in [0.717, 1.165) is 25.3 Å². The average molecular weight is 278 g/mol. The molecule has 2 atom stereocenters. The Morgan fingerprint density at radius 3 is 3.20 bits per heavy atom. The molecule has 2 aliphatic heterocycles. The van der Waals surface area contributed by atoms with Crippen molar-refractivity contribution in [2.75, 3.05) is 26.2 Å². The normalized spacial score (nSPS) is 26.7. The molecule has 0 aromatic heterocycles. The maximum absolute atomic E-state index is 13.4. The van der Waals surface area contributed by atoms with Crippen LogP contribution in [0, 0.1) is 12.7 Å². The van der Waals surface area contributed by atoms with Crippen molar-refractivity contribution < 1.29 is 9.13 Å². The van der Waals surface area contributed by atoms with E-state index < -0.39 is 0 Å². The van der Waals surface area contributed by atoms with E-state index >= 15 is 0 Å². The van der Waals surface area contributed by atoms with E-state index in [1.807, 2.05) is 12.1 Å². The van der Waals surface area contributed by atoms with Gasteiger partial charge in [-0.05, 0) is 43.5 Å². The number of ether oxygens (including phenoxy) is 1. The molecule has 0 radical (unpaired) electrons. The third-order valence-corrected chi connectivity index (χ3v) is 4.40. The highest BCUT2D eigenvalue weighted by atomic mass is 19.1. The van der Waals surface area contributed by atoms with Crippen LogP contribution in [0.25, 0.3) is 0 Å². The third-order valence-electron chi connectivity index (χ3n) is 4.40. The fourth-order valence-corrected chi connectivity index (χ4v) is 3.13. The van der Waals surface area contributed by atoms with Crippen molar-refractivity contribution in [3.63, 3.8) is 0 Å². The van der Waals surface area contributed by atoms with Gasteiger partial charge in [-0.2, -0.15) is 0 Å². The highest BCUT2D eigenvalue weighted by Crippen LogP contribution is 2.22. The van der Waals surface area contributed by atoms with Gasteiger partial charge in [0, 0.05) is 25.7 Å². The predicted molar refractivity (Wildman–Crippen MR) is 77.2 cm³/mol. The molecule has 110 valence electrons. The fourth-order valence-electron chi connectivity index (χ4n) is 3.13. The van der Waals surface area contributed by atoms with Crippen molar-refractivity contribution in [1.82, 2.24) is 10.2 Å². The molecule has 2 fully saturated rings. The van der Waals surface area contributed by atoms with Gasteiger partial charge >= 0.3 is 0 Å². The molecule has 2 heterocycles. The summed E-state index contributed by atoms with van der Waals surface area (Å²) in [6.07, 6.45) is 2.85. The Hall–Kier alpha value is -0.970. The van der Waals surface area contributed by atoms with Crippen molar-refractivity contribution in [2.45, 2.75) is 38.5 Å². The number of rotatable bonds is 4. The van der Waals surface area contributed by atoms with Crippen molar-refractivity contribution in [3.8, 4) is 0 Å². The Labute approximate surface area is 120 Å². The van der Waals surface area contributed by atoms with E-state index in [9.17, 15) is 4.39 Å². The molecule has 20 heavy (non-hydrogen) atoms. The maximum atomic E-state index is 13.4. The summed E-state index contributed by atoms with van der Waals surface area (Å²) in [6, 6.07) is 6.07. The van der Waals surface area contributed by atoms with Crippen molar-refractivity contribution in [2.24, 2.45) is 0 Å². The summed E-state index contributed by atoms with van der Waals surface area (Å²) in [7, 11) is 0. The topological polar surface area (TPSA) is 24.5 Å². The van der Waals surface area contributed by atoms with E-state index in [4.69, 9.17) is 4.74 Å². The summed E-state index contributed by atoms with van der Waals surface area (Å²) < 4.78 is 19.3. The lowest BCUT2D eigenvalue weighted by Gasteiger charge is -2.35. The lowest BCUT2D eigenvalue weighted by molar-refractivity contribution is -0.0470. The zero-order valence-electron chi connectivity index (χ0n) is 12.1. The summed E-state index contributed by atoms with van der Waals surface area (Å²) in [4.78, 5) is 2.54. The Morgan fingerprint density at radius 2 is 2.35 bits per heavy atom. The molecule has 3 rings (SSSR count). The minimum Gasteiger partial charge on any atom is -0.374 e. The van der Waals surface area contributed by atoms with Gasteiger partial charge in [-0.1, -0.05) is 12.1 Å². The van der Waals surface area contributed by atoms with Crippen molar-refractivity contribution in [3.05, 3.63) is 35.1 Å². The molecule has 2 aliphatic rings. The highest BCUT2D eigenvalue weighted by Gasteiger charge is 2.31. The molecule has 3 nitrogen and oxygen atoms in total. The molecule has 0 bridgehead atoms. The molecule has 4 heteroatoms. The SMILES string of the molecule is Cc1ccc(CNCC2CN3CCCC3CO2)cc1F. The van der Waals surface area contributed by atoms with Crippen LogP contribution in [0.15, 0.2) is 18.2 Å². The van der Waals surface area contributed by atoms with Crippen molar-refractivity contribution >= 4 is 0 Å². The van der Waals surface area contributed by atoms with Crippen LogP contribution in [0.2, 0.25) is 0 Å². The molecule has 0 aliphatic carbocycles. The Balaban J connectivity index is 1.44. The number of hydrogen-bond acceptors (Lipinski definition) is 3. The lowest BCUT2D eigenvalue weighted by atomic mass is 10.1. The molecule has 1 aromatic rings. The van der Waals surface area contributed by atoms with Gasteiger partial charge in [0.25, 0.3) is 0 Å². The molecular weight excluding hydrogens is 255 g/mol. The second-order valence-corrected chi connectivity index (χ2v) is 5.96. The van der Waals surface area contributed by atoms with Crippen LogP contribution in [0.5, 0.6) is 0 Å². The maximum Gasteiger partial charge on any atom is 0.126 e. The van der Waals surface area contributed by atoms with Crippen LogP contribution in [0.4, 0.5) is 4.39 Å². The molecule has 0 amide bonds. The van der Waals surface area contributed by atoms with Crippen molar-refractivity contribution in [1.29, 1.82) is 0 Å². The number of fused-ring (bicyclic) bond motifs is 1. The second-order valence-electron chi connectivity index (χ2n) is 5.96. The van der Waals surface area contributed by atoms with E-state index in [-0.39, 0.29) is 11.9 Å². The van der Waals surface area contributed by atoms with Crippen LogP contribution in [0.3, 0.4) is 0 Å². The largest absolute Gasteiger partial charge is 0.374 e. The molecule has 2 saturated heterocycles. The number of halogens is 1. The summed E-state index contributed by atoms with van der Waals surface area (Å²) in [5.74, 6) is -0.127. The zero-order valence-corrected chi connectivity index (χ0v) is 12.1. The van der Waals surface area contributed by atoms with E-state index in [1.54, 1.807) is 13.0 Å². The Bertz CT molecular complexity index is 466. The fraction of sp³-hybridized carbons (Fsp3) is 0.625. The summed E-state index contributed by atoms with van der Waals surface area (Å²) >= 11 is 0. The third kappa shape index (κ3) is 3.19. The summed E-state index contributed by atoms with van der Waals surface area (Å²) in [5.41, 5.74) is 1.69. The van der Waals surface area contributed by atoms with Gasteiger partial charge in [0.1, 0.15) is 5.82 Å². The molecule has 1 N–H and O–H groups in total. The van der Waals surface area contributed by atoms with Crippen LogP contribution < -0.4 is 5.32 Å². The van der Waals surface area contributed by atoms with E-state index in [1.165, 1.54) is 19.4 Å². The number of aryl methyl sites for hydroxylation is 1. The van der Waals surface area contributed by atoms with Gasteiger partial charge in [-0.15, -0.1) is 0 Å². The first-order valence-corrected chi connectivity index (χ1v) is 7.54. The lowest BCUT2D eigenvalue weighted by Crippen LogP contribution is -2.49. The number of hydrogen-bond donors (Lipinski definition) is 1. The van der Waals surface area contributed by atoms with Gasteiger partial charge in [0.15, 0.2) is 0 Å². The number of benzene rings is 1. The molecule has 1 aromatic carbocycles. The Morgan fingerprint density at radius 1 is 1.45 bits per heavy atom. The zero-order chi connectivity index (χ0) is 13.9. The average Bonchev–Trinajstić information content (AvgIpc) is 2.90. The van der Waals surface area contributed by atoms with Crippen LogP contribution in [-0.4, -0.2) is 43.3 Å². The van der Waals surface area contributed by atoms with E-state index in [0.29, 0.717) is 18.2 Å². The molecule has 0 saturated carbocycles. The monoisotopic (exact) mass is 278 g/mol. The van der Waals surface area contributed by atoms with E-state index in [2.05, 4.69) is 10.2 Å². The predicted octanol–water partition coefficient (Wildman–Crippen LogP) is 2.09.